The zero-order valence-electron chi connectivity index (χ0n) is 10.3. The summed E-state index contributed by atoms with van der Waals surface area (Å²) < 4.78 is 7.52. The van der Waals surface area contributed by atoms with Crippen LogP contribution < -0.4 is 11.3 Å². The second-order valence-corrected chi connectivity index (χ2v) is 4.81. The van der Waals surface area contributed by atoms with Crippen LogP contribution in [0, 0.1) is 0 Å². The average molecular weight is 277 g/mol. The van der Waals surface area contributed by atoms with E-state index in [9.17, 15) is 0 Å². The van der Waals surface area contributed by atoms with Crippen molar-refractivity contribution in [3.05, 3.63) is 53.0 Å². The standard InChI is InChI=1S/C13H13ClN4O/c1-18-7-9(6-16-18)13(17-15)12-5-8-4-10(14)2-3-11(8)19-12/h2-7,13,17H,15H2,1H3. The summed E-state index contributed by atoms with van der Waals surface area (Å²) in [5.41, 5.74) is 4.46. The third-order valence-electron chi connectivity index (χ3n) is 3.01. The van der Waals surface area contributed by atoms with Crippen LogP contribution in [0.1, 0.15) is 17.4 Å². The lowest BCUT2D eigenvalue weighted by Crippen LogP contribution is -2.28. The Balaban J connectivity index is 2.06. The van der Waals surface area contributed by atoms with Crippen LogP contribution in [0.15, 0.2) is 41.1 Å². The summed E-state index contributed by atoms with van der Waals surface area (Å²) in [6.07, 6.45) is 3.65. The highest BCUT2D eigenvalue weighted by Gasteiger charge is 2.18. The van der Waals surface area contributed by atoms with Crippen LogP contribution in [0.4, 0.5) is 0 Å². The first kappa shape index (κ1) is 12.2. The molecule has 0 saturated heterocycles. The van der Waals surface area contributed by atoms with Gasteiger partial charge in [0.2, 0.25) is 0 Å². The molecule has 0 amide bonds. The second kappa shape index (κ2) is 4.70. The lowest BCUT2D eigenvalue weighted by Gasteiger charge is -2.10. The summed E-state index contributed by atoms with van der Waals surface area (Å²) in [6.45, 7) is 0. The summed E-state index contributed by atoms with van der Waals surface area (Å²) in [5.74, 6) is 6.35. The number of aromatic nitrogens is 2. The number of nitrogens with zero attached hydrogens (tertiary/aromatic N) is 2. The highest BCUT2D eigenvalue weighted by atomic mass is 35.5. The summed E-state index contributed by atoms with van der Waals surface area (Å²) in [4.78, 5) is 0. The van der Waals surface area contributed by atoms with Gasteiger partial charge in [0.05, 0.1) is 6.20 Å². The van der Waals surface area contributed by atoms with Gasteiger partial charge in [0.15, 0.2) is 0 Å². The van der Waals surface area contributed by atoms with E-state index >= 15 is 0 Å². The Morgan fingerprint density at radius 2 is 2.26 bits per heavy atom. The maximum absolute atomic E-state index is 5.97. The number of nitrogens with two attached hydrogens (primary N) is 1. The Bertz CT molecular complexity index is 718. The third kappa shape index (κ3) is 2.23. The summed E-state index contributed by atoms with van der Waals surface area (Å²) >= 11 is 5.97. The maximum atomic E-state index is 5.97. The molecule has 0 bridgehead atoms. The molecular weight excluding hydrogens is 264 g/mol. The van der Waals surface area contributed by atoms with Gasteiger partial charge in [-0.3, -0.25) is 10.5 Å². The number of furan rings is 1. The fourth-order valence-electron chi connectivity index (χ4n) is 2.11. The molecule has 3 rings (SSSR count). The number of halogens is 1. The smallest absolute Gasteiger partial charge is 0.134 e. The monoisotopic (exact) mass is 276 g/mol. The number of aryl methyl sites for hydroxylation is 1. The van der Waals surface area contributed by atoms with E-state index in [1.807, 2.05) is 31.4 Å². The molecular formula is C13H13ClN4O. The summed E-state index contributed by atoms with van der Waals surface area (Å²) in [7, 11) is 1.86. The Morgan fingerprint density at radius 1 is 1.42 bits per heavy atom. The molecule has 5 nitrogen and oxygen atoms in total. The van der Waals surface area contributed by atoms with Gasteiger partial charge in [0, 0.05) is 29.2 Å². The minimum Gasteiger partial charge on any atom is -0.459 e. The van der Waals surface area contributed by atoms with Crippen molar-refractivity contribution in [2.45, 2.75) is 6.04 Å². The van der Waals surface area contributed by atoms with Gasteiger partial charge < -0.3 is 4.42 Å². The molecule has 0 aliphatic heterocycles. The minimum absolute atomic E-state index is 0.236. The molecule has 0 aliphatic carbocycles. The van der Waals surface area contributed by atoms with Gasteiger partial charge >= 0.3 is 0 Å². The number of nitrogens with one attached hydrogen (secondary N) is 1. The van der Waals surface area contributed by atoms with Crippen LogP contribution in [-0.2, 0) is 7.05 Å². The topological polar surface area (TPSA) is 69.0 Å². The van der Waals surface area contributed by atoms with Gasteiger partial charge in [-0.25, -0.2) is 5.43 Å². The van der Waals surface area contributed by atoms with Crippen molar-refractivity contribution in [3.63, 3.8) is 0 Å². The van der Waals surface area contributed by atoms with Gasteiger partial charge in [0.25, 0.3) is 0 Å². The molecule has 98 valence electrons. The van der Waals surface area contributed by atoms with Crippen LogP contribution in [0.2, 0.25) is 5.02 Å². The molecule has 2 heterocycles. The number of rotatable bonds is 3. The Kier molecular flexibility index (Phi) is 3.02. The van der Waals surface area contributed by atoms with Gasteiger partial charge in [0.1, 0.15) is 17.4 Å². The van der Waals surface area contributed by atoms with Crippen molar-refractivity contribution in [3.8, 4) is 0 Å². The number of hydrogen-bond donors (Lipinski definition) is 2. The zero-order valence-corrected chi connectivity index (χ0v) is 11.1. The Morgan fingerprint density at radius 3 is 2.95 bits per heavy atom. The average Bonchev–Trinajstić information content (AvgIpc) is 2.96. The van der Waals surface area contributed by atoms with E-state index in [4.69, 9.17) is 21.9 Å². The first-order chi connectivity index (χ1) is 9.17. The second-order valence-electron chi connectivity index (χ2n) is 4.38. The van der Waals surface area contributed by atoms with Crippen LogP contribution in [-0.4, -0.2) is 9.78 Å². The molecule has 19 heavy (non-hydrogen) atoms. The quantitative estimate of drug-likeness (QED) is 0.569. The van der Waals surface area contributed by atoms with Crippen LogP contribution in [0.5, 0.6) is 0 Å². The van der Waals surface area contributed by atoms with Gasteiger partial charge in [-0.15, -0.1) is 0 Å². The number of hydrogen-bond acceptors (Lipinski definition) is 4. The molecule has 1 aromatic carbocycles. The van der Waals surface area contributed by atoms with E-state index in [1.165, 1.54) is 0 Å². The van der Waals surface area contributed by atoms with E-state index < -0.39 is 0 Å². The Hall–Kier alpha value is -1.82. The first-order valence-electron chi connectivity index (χ1n) is 5.81. The van der Waals surface area contributed by atoms with Crippen LogP contribution >= 0.6 is 11.6 Å². The third-order valence-corrected chi connectivity index (χ3v) is 3.24. The SMILES string of the molecule is Cn1cc(C(NN)c2cc3cc(Cl)ccc3o2)cn1. The molecule has 0 saturated carbocycles. The van der Waals surface area contributed by atoms with Crippen molar-refractivity contribution in [1.82, 2.24) is 15.2 Å². The molecule has 1 atom stereocenters. The van der Waals surface area contributed by atoms with Gasteiger partial charge in [-0.05, 0) is 24.3 Å². The molecule has 0 spiro atoms. The molecule has 0 aliphatic rings. The predicted molar refractivity (Wildman–Crippen MR) is 73.6 cm³/mol. The van der Waals surface area contributed by atoms with Crippen LogP contribution in [0.25, 0.3) is 11.0 Å². The van der Waals surface area contributed by atoms with E-state index in [0.29, 0.717) is 5.02 Å². The molecule has 1 unspecified atom stereocenters. The molecule has 3 N–H and O–H groups in total. The van der Waals surface area contributed by atoms with Gasteiger partial charge in [-0.2, -0.15) is 5.10 Å². The van der Waals surface area contributed by atoms with Crippen molar-refractivity contribution < 1.29 is 4.42 Å². The summed E-state index contributed by atoms with van der Waals surface area (Å²) in [5, 5.41) is 5.77. The number of benzene rings is 1. The van der Waals surface area contributed by atoms with Crippen molar-refractivity contribution in [2.75, 3.05) is 0 Å². The van der Waals surface area contributed by atoms with Crippen molar-refractivity contribution >= 4 is 22.6 Å². The zero-order chi connectivity index (χ0) is 13.4. The fraction of sp³-hybridized carbons (Fsp3) is 0.154. The van der Waals surface area contributed by atoms with E-state index in [1.54, 1.807) is 16.9 Å². The Labute approximate surface area is 114 Å². The van der Waals surface area contributed by atoms with Crippen molar-refractivity contribution in [2.24, 2.45) is 12.9 Å². The molecule has 3 aromatic rings. The first-order valence-corrected chi connectivity index (χ1v) is 6.19. The fourth-order valence-corrected chi connectivity index (χ4v) is 2.29. The summed E-state index contributed by atoms with van der Waals surface area (Å²) in [6, 6.07) is 7.20. The predicted octanol–water partition coefficient (Wildman–Crippen LogP) is 2.37. The van der Waals surface area contributed by atoms with Crippen molar-refractivity contribution in [1.29, 1.82) is 0 Å². The molecule has 0 fully saturated rings. The van der Waals surface area contributed by atoms with E-state index in [-0.39, 0.29) is 6.04 Å². The van der Waals surface area contributed by atoms with E-state index in [2.05, 4.69) is 10.5 Å². The molecule has 6 heteroatoms. The largest absolute Gasteiger partial charge is 0.459 e. The highest BCUT2D eigenvalue weighted by Crippen LogP contribution is 2.29. The van der Waals surface area contributed by atoms with Gasteiger partial charge in [-0.1, -0.05) is 11.6 Å². The maximum Gasteiger partial charge on any atom is 0.134 e. The molecule has 0 radical (unpaired) electrons. The van der Waals surface area contributed by atoms with E-state index in [0.717, 1.165) is 22.3 Å². The normalized spacial score (nSPS) is 13.0. The lowest BCUT2D eigenvalue weighted by molar-refractivity contribution is 0.477. The highest BCUT2D eigenvalue weighted by molar-refractivity contribution is 6.31. The number of hydrazine groups is 1. The minimum atomic E-state index is -0.236. The lowest BCUT2D eigenvalue weighted by atomic mass is 10.1. The number of fused-ring (bicyclic) bond motifs is 1. The molecule has 2 aromatic heterocycles. The van der Waals surface area contributed by atoms with Crippen LogP contribution in [0.3, 0.4) is 0 Å².